The fraction of sp³-hybridized carbons (Fsp3) is 0.500. The Hall–Kier alpha value is -1.38. The molecule has 0 aliphatic rings. The highest BCUT2D eigenvalue weighted by molar-refractivity contribution is 14.1. The molecule has 0 bridgehead atoms. The lowest BCUT2D eigenvalue weighted by Crippen LogP contribution is -2.20. The van der Waals surface area contributed by atoms with Gasteiger partial charge in [0.25, 0.3) is 5.69 Å². The van der Waals surface area contributed by atoms with Crippen molar-refractivity contribution < 1.29 is 14.8 Å². The minimum absolute atomic E-state index is 0.0356. The molecule has 0 spiro atoms. The minimum Gasteiger partial charge on any atom is -0.481 e. The molecule has 0 fully saturated rings. The summed E-state index contributed by atoms with van der Waals surface area (Å²) in [7, 11) is 0. The Labute approximate surface area is 137 Å². The third-order valence-corrected chi connectivity index (χ3v) is 3.91. The Morgan fingerprint density at radius 1 is 1.48 bits per heavy atom. The second kappa shape index (κ2) is 8.16. The standard InChI is InChI=1S/C14H19IN2O4/c1-9(2)5-10(6-14(18)19)8-16-13-4-3-11(17(20)21)7-12(13)15/h3-4,7,9-10,16H,5-6,8H2,1-2H3,(H,18,19). The van der Waals surface area contributed by atoms with E-state index in [9.17, 15) is 14.9 Å². The van der Waals surface area contributed by atoms with Crippen molar-refractivity contribution in [2.24, 2.45) is 11.8 Å². The lowest BCUT2D eigenvalue weighted by atomic mass is 9.94. The second-order valence-corrected chi connectivity index (χ2v) is 6.56. The first-order chi connectivity index (χ1) is 9.79. The van der Waals surface area contributed by atoms with Gasteiger partial charge in [-0.05, 0) is 46.9 Å². The molecule has 0 amide bonds. The van der Waals surface area contributed by atoms with Gasteiger partial charge < -0.3 is 10.4 Å². The molecule has 0 heterocycles. The molecule has 1 unspecified atom stereocenters. The number of carboxylic acid groups (broad SMARTS) is 1. The van der Waals surface area contributed by atoms with Crippen LogP contribution in [-0.2, 0) is 4.79 Å². The molecule has 1 rings (SSSR count). The largest absolute Gasteiger partial charge is 0.481 e. The van der Waals surface area contributed by atoms with E-state index in [1.54, 1.807) is 6.07 Å². The van der Waals surface area contributed by atoms with Gasteiger partial charge in [0, 0.05) is 34.4 Å². The van der Waals surface area contributed by atoms with E-state index in [0.29, 0.717) is 12.5 Å². The van der Waals surface area contributed by atoms with Crippen LogP contribution in [0, 0.1) is 25.5 Å². The zero-order valence-electron chi connectivity index (χ0n) is 12.0. The summed E-state index contributed by atoms with van der Waals surface area (Å²) in [4.78, 5) is 21.1. The number of nitrogens with zero attached hydrogens (tertiary/aromatic N) is 1. The third-order valence-electron chi connectivity index (χ3n) is 3.01. The van der Waals surface area contributed by atoms with E-state index < -0.39 is 10.9 Å². The Kier molecular flexibility index (Phi) is 6.86. The van der Waals surface area contributed by atoms with Gasteiger partial charge in [-0.1, -0.05) is 13.8 Å². The Bertz CT molecular complexity index is 520. The molecule has 0 saturated carbocycles. The molecule has 1 aromatic rings. The highest BCUT2D eigenvalue weighted by Gasteiger charge is 2.16. The van der Waals surface area contributed by atoms with Gasteiger partial charge in [-0.25, -0.2) is 0 Å². The van der Waals surface area contributed by atoms with Gasteiger partial charge in [0.05, 0.1) is 4.92 Å². The van der Waals surface area contributed by atoms with Crippen molar-refractivity contribution >= 4 is 39.9 Å². The van der Waals surface area contributed by atoms with Crippen LogP contribution in [0.25, 0.3) is 0 Å². The summed E-state index contributed by atoms with van der Waals surface area (Å²) in [6.07, 6.45) is 0.942. The topological polar surface area (TPSA) is 92.5 Å². The zero-order chi connectivity index (χ0) is 16.0. The number of anilines is 1. The van der Waals surface area contributed by atoms with Crippen molar-refractivity contribution in [3.63, 3.8) is 0 Å². The molecular weight excluding hydrogens is 387 g/mol. The molecule has 1 aromatic carbocycles. The maximum Gasteiger partial charge on any atom is 0.303 e. The van der Waals surface area contributed by atoms with E-state index in [2.05, 4.69) is 19.2 Å². The first-order valence-electron chi connectivity index (χ1n) is 6.69. The second-order valence-electron chi connectivity index (χ2n) is 5.40. The number of hydrogen-bond acceptors (Lipinski definition) is 4. The Balaban J connectivity index is 2.70. The molecule has 116 valence electrons. The molecule has 0 aromatic heterocycles. The fourth-order valence-corrected chi connectivity index (χ4v) is 2.86. The number of non-ortho nitro benzene ring substituents is 1. The number of rotatable bonds is 8. The summed E-state index contributed by atoms with van der Waals surface area (Å²) in [5, 5.41) is 22.8. The average Bonchev–Trinajstić information content (AvgIpc) is 2.35. The smallest absolute Gasteiger partial charge is 0.303 e. The van der Waals surface area contributed by atoms with Crippen LogP contribution in [0.4, 0.5) is 11.4 Å². The van der Waals surface area contributed by atoms with Crippen molar-refractivity contribution in [1.29, 1.82) is 0 Å². The van der Waals surface area contributed by atoms with Gasteiger partial charge in [-0.15, -0.1) is 0 Å². The van der Waals surface area contributed by atoms with Crippen LogP contribution >= 0.6 is 22.6 Å². The fourth-order valence-electron chi connectivity index (χ4n) is 2.17. The number of aliphatic carboxylic acids is 1. The molecule has 2 N–H and O–H groups in total. The van der Waals surface area contributed by atoms with Gasteiger partial charge in [-0.3, -0.25) is 14.9 Å². The molecule has 0 aliphatic carbocycles. The maximum absolute atomic E-state index is 10.9. The number of benzene rings is 1. The van der Waals surface area contributed by atoms with Gasteiger partial charge in [0.15, 0.2) is 0 Å². The van der Waals surface area contributed by atoms with E-state index in [1.165, 1.54) is 12.1 Å². The highest BCUT2D eigenvalue weighted by atomic mass is 127. The minimum atomic E-state index is -0.805. The first kappa shape index (κ1) is 17.7. The van der Waals surface area contributed by atoms with E-state index in [-0.39, 0.29) is 18.0 Å². The van der Waals surface area contributed by atoms with Crippen LogP contribution in [0.3, 0.4) is 0 Å². The summed E-state index contributed by atoms with van der Waals surface area (Å²) in [5.41, 5.74) is 0.842. The molecule has 1 atom stereocenters. The number of hydrogen-bond donors (Lipinski definition) is 2. The normalized spacial score (nSPS) is 12.2. The Morgan fingerprint density at radius 3 is 2.62 bits per heavy atom. The predicted molar refractivity (Wildman–Crippen MR) is 89.5 cm³/mol. The number of carboxylic acids is 1. The number of halogens is 1. The zero-order valence-corrected chi connectivity index (χ0v) is 14.2. The lowest BCUT2D eigenvalue weighted by molar-refractivity contribution is -0.384. The summed E-state index contributed by atoms with van der Waals surface area (Å²) < 4.78 is 0.750. The van der Waals surface area contributed by atoms with Crippen molar-refractivity contribution in [2.75, 3.05) is 11.9 Å². The third kappa shape index (κ3) is 6.28. The quantitative estimate of drug-likeness (QED) is 0.390. The van der Waals surface area contributed by atoms with Crippen LogP contribution in [0.5, 0.6) is 0 Å². The average molecular weight is 406 g/mol. The van der Waals surface area contributed by atoms with E-state index in [4.69, 9.17) is 5.11 Å². The molecule has 0 aliphatic heterocycles. The lowest BCUT2D eigenvalue weighted by Gasteiger charge is -2.19. The SMILES string of the molecule is CC(C)CC(CNc1ccc([N+](=O)[O-])cc1I)CC(=O)O. The summed E-state index contributed by atoms with van der Waals surface area (Å²) in [5.74, 6) is -0.346. The summed E-state index contributed by atoms with van der Waals surface area (Å²) in [6.45, 7) is 4.66. The molecule has 21 heavy (non-hydrogen) atoms. The monoisotopic (exact) mass is 406 g/mol. The molecule has 6 nitrogen and oxygen atoms in total. The van der Waals surface area contributed by atoms with Crippen molar-refractivity contribution in [3.8, 4) is 0 Å². The van der Waals surface area contributed by atoms with Gasteiger partial charge >= 0.3 is 5.97 Å². The van der Waals surface area contributed by atoms with Crippen LogP contribution in [0.1, 0.15) is 26.7 Å². The molecule has 0 radical (unpaired) electrons. The molecular formula is C14H19IN2O4. The number of nitro benzene ring substituents is 1. The predicted octanol–water partition coefficient (Wildman–Crippen LogP) is 3.75. The van der Waals surface area contributed by atoms with E-state index >= 15 is 0 Å². The molecule has 0 saturated heterocycles. The van der Waals surface area contributed by atoms with E-state index in [0.717, 1.165) is 15.7 Å². The van der Waals surface area contributed by atoms with Gasteiger partial charge in [0.2, 0.25) is 0 Å². The van der Waals surface area contributed by atoms with Gasteiger partial charge in [0.1, 0.15) is 0 Å². The highest BCUT2D eigenvalue weighted by Crippen LogP contribution is 2.25. The number of carbonyl (C=O) groups is 1. The van der Waals surface area contributed by atoms with Crippen molar-refractivity contribution in [2.45, 2.75) is 26.7 Å². The number of nitrogens with one attached hydrogen (secondary N) is 1. The van der Waals surface area contributed by atoms with Crippen molar-refractivity contribution in [1.82, 2.24) is 0 Å². The summed E-state index contributed by atoms with van der Waals surface area (Å²) in [6, 6.07) is 4.60. The van der Waals surface area contributed by atoms with Crippen LogP contribution in [0.2, 0.25) is 0 Å². The first-order valence-corrected chi connectivity index (χ1v) is 7.77. The van der Waals surface area contributed by atoms with Crippen LogP contribution in [0.15, 0.2) is 18.2 Å². The van der Waals surface area contributed by atoms with Crippen molar-refractivity contribution in [3.05, 3.63) is 31.9 Å². The molecule has 7 heteroatoms. The van der Waals surface area contributed by atoms with Gasteiger partial charge in [-0.2, -0.15) is 0 Å². The summed E-state index contributed by atoms with van der Waals surface area (Å²) >= 11 is 2.03. The van der Waals surface area contributed by atoms with Crippen LogP contribution in [-0.4, -0.2) is 22.5 Å². The maximum atomic E-state index is 10.9. The Morgan fingerprint density at radius 2 is 2.14 bits per heavy atom. The van der Waals surface area contributed by atoms with E-state index in [1.807, 2.05) is 22.6 Å². The van der Waals surface area contributed by atoms with Crippen LogP contribution < -0.4 is 5.32 Å². The number of nitro groups is 1.